The van der Waals surface area contributed by atoms with Crippen molar-refractivity contribution in [3.63, 3.8) is 0 Å². The third-order valence-electron chi connectivity index (χ3n) is 3.60. The summed E-state index contributed by atoms with van der Waals surface area (Å²) in [5.41, 5.74) is 8.58. The van der Waals surface area contributed by atoms with Crippen LogP contribution < -0.4 is 5.73 Å². The molecule has 0 fully saturated rings. The molecule has 0 aliphatic carbocycles. The Hall–Kier alpha value is -1.60. The fourth-order valence-electron chi connectivity index (χ4n) is 2.61. The van der Waals surface area contributed by atoms with Crippen LogP contribution in [0.1, 0.15) is 24.0 Å². The first-order chi connectivity index (χ1) is 8.83. The molecular weight excluding hydrogens is 218 g/mol. The number of nitrogens with two attached hydrogens (primary N) is 1. The van der Waals surface area contributed by atoms with Crippen LogP contribution >= 0.6 is 0 Å². The highest BCUT2D eigenvalue weighted by Crippen LogP contribution is 2.35. The minimum Gasteiger partial charge on any atom is -0.329 e. The van der Waals surface area contributed by atoms with E-state index in [2.05, 4.69) is 55.5 Å². The average molecular weight is 238 g/mol. The molecule has 0 heterocycles. The summed E-state index contributed by atoms with van der Waals surface area (Å²) in [4.78, 5) is 0. The minimum atomic E-state index is -0.107. The lowest BCUT2D eigenvalue weighted by Crippen LogP contribution is -2.36. The molecule has 93 valence electrons. The molecule has 18 heavy (non-hydrogen) atoms. The second-order valence-electron chi connectivity index (χ2n) is 4.62. The van der Waals surface area contributed by atoms with Gasteiger partial charge >= 0.3 is 0 Å². The zero-order valence-corrected chi connectivity index (χ0v) is 10.7. The SMILES string of the molecule is [CH2]CCC(CN)(c1ccccc1)c1ccccc1. The number of benzene rings is 2. The van der Waals surface area contributed by atoms with Gasteiger partial charge in [-0.05, 0) is 17.5 Å². The van der Waals surface area contributed by atoms with Gasteiger partial charge in [-0.15, -0.1) is 0 Å². The van der Waals surface area contributed by atoms with Gasteiger partial charge in [-0.3, -0.25) is 0 Å². The minimum absolute atomic E-state index is 0.107. The number of rotatable bonds is 5. The molecule has 1 radical (unpaired) electrons. The summed E-state index contributed by atoms with van der Waals surface area (Å²) in [7, 11) is 0. The molecule has 1 heteroatoms. The Morgan fingerprint density at radius 3 is 1.61 bits per heavy atom. The lowest BCUT2D eigenvalue weighted by molar-refractivity contribution is 0.486. The third-order valence-corrected chi connectivity index (χ3v) is 3.60. The normalized spacial score (nSPS) is 11.4. The van der Waals surface area contributed by atoms with Crippen molar-refractivity contribution in [2.75, 3.05) is 6.54 Å². The van der Waals surface area contributed by atoms with Crippen LogP contribution in [0.4, 0.5) is 0 Å². The van der Waals surface area contributed by atoms with E-state index in [9.17, 15) is 0 Å². The first-order valence-corrected chi connectivity index (χ1v) is 6.44. The van der Waals surface area contributed by atoms with Gasteiger partial charge in [0.25, 0.3) is 0 Å². The summed E-state index contributed by atoms with van der Waals surface area (Å²) in [6.45, 7) is 4.62. The molecular formula is C17H20N. The van der Waals surface area contributed by atoms with Crippen LogP contribution in [-0.2, 0) is 5.41 Å². The van der Waals surface area contributed by atoms with E-state index in [0.29, 0.717) is 6.54 Å². The Kier molecular flexibility index (Phi) is 4.16. The molecule has 1 nitrogen and oxygen atoms in total. The van der Waals surface area contributed by atoms with Gasteiger partial charge in [-0.2, -0.15) is 0 Å². The zero-order valence-electron chi connectivity index (χ0n) is 10.7. The van der Waals surface area contributed by atoms with Crippen molar-refractivity contribution in [2.24, 2.45) is 5.73 Å². The molecule has 0 aliphatic heterocycles. The molecule has 2 aromatic rings. The number of hydrogen-bond acceptors (Lipinski definition) is 1. The molecule has 2 aromatic carbocycles. The maximum atomic E-state index is 6.13. The van der Waals surface area contributed by atoms with Crippen LogP contribution in [0.25, 0.3) is 0 Å². The van der Waals surface area contributed by atoms with Gasteiger partial charge in [0.05, 0.1) is 0 Å². The van der Waals surface area contributed by atoms with Crippen molar-refractivity contribution in [3.8, 4) is 0 Å². The summed E-state index contributed by atoms with van der Waals surface area (Å²) in [5, 5.41) is 0. The van der Waals surface area contributed by atoms with Crippen LogP contribution in [0.3, 0.4) is 0 Å². The van der Waals surface area contributed by atoms with Crippen molar-refractivity contribution in [2.45, 2.75) is 18.3 Å². The molecule has 2 N–H and O–H groups in total. The average Bonchev–Trinajstić information content (AvgIpc) is 2.47. The van der Waals surface area contributed by atoms with E-state index >= 15 is 0 Å². The molecule has 0 saturated heterocycles. The second kappa shape index (κ2) is 5.83. The van der Waals surface area contributed by atoms with Crippen LogP contribution in [0, 0.1) is 6.92 Å². The van der Waals surface area contributed by atoms with E-state index in [0.717, 1.165) is 12.8 Å². The van der Waals surface area contributed by atoms with Crippen molar-refractivity contribution in [1.29, 1.82) is 0 Å². The van der Waals surface area contributed by atoms with Gasteiger partial charge < -0.3 is 5.73 Å². The van der Waals surface area contributed by atoms with E-state index in [-0.39, 0.29) is 5.41 Å². The molecule has 0 aliphatic rings. The number of hydrogen-bond donors (Lipinski definition) is 1. The Bertz CT molecular complexity index is 422. The summed E-state index contributed by atoms with van der Waals surface area (Å²) in [5.74, 6) is 0. The zero-order chi connectivity index (χ0) is 12.8. The van der Waals surface area contributed by atoms with Gasteiger partial charge in [-0.25, -0.2) is 0 Å². The quantitative estimate of drug-likeness (QED) is 0.847. The van der Waals surface area contributed by atoms with Crippen molar-refractivity contribution < 1.29 is 0 Å². The monoisotopic (exact) mass is 238 g/mol. The molecule has 0 amide bonds. The molecule has 0 atom stereocenters. The van der Waals surface area contributed by atoms with Crippen molar-refractivity contribution in [1.82, 2.24) is 0 Å². The van der Waals surface area contributed by atoms with E-state index < -0.39 is 0 Å². The third kappa shape index (κ3) is 2.32. The highest BCUT2D eigenvalue weighted by molar-refractivity contribution is 5.39. The standard InChI is InChI=1S/C17H20N/c1-2-13-17(14-18,15-9-5-3-6-10-15)16-11-7-4-8-12-16/h3-12H,1-2,13-14,18H2. The highest BCUT2D eigenvalue weighted by atomic mass is 14.6. The van der Waals surface area contributed by atoms with Crippen LogP contribution in [0.5, 0.6) is 0 Å². The topological polar surface area (TPSA) is 26.0 Å². The van der Waals surface area contributed by atoms with Gasteiger partial charge in [0, 0.05) is 12.0 Å². The van der Waals surface area contributed by atoms with Gasteiger partial charge in [-0.1, -0.05) is 74.0 Å². The van der Waals surface area contributed by atoms with E-state index in [4.69, 9.17) is 5.73 Å². The van der Waals surface area contributed by atoms with E-state index in [1.807, 2.05) is 12.1 Å². The van der Waals surface area contributed by atoms with E-state index in [1.54, 1.807) is 0 Å². The molecule has 0 spiro atoms. The second-order valence-corrected chi connectivity index (χ2v) is 4.62. The molecule has 2 rings (SSSR count). The van der Waals surface area contributed by atoms with Gasteiger partial charge in [0.2, 0.25) is 0 Å². The van der Waals surface area contributed by atoms with Crippen molar-refractivity contribution >= 4 is 0 Å². The Morgan fingerprint density at radius 2 is 1.28 bits per heavy atom. The van der Waals surface area contributed by atoms with Crippen LogP contribution in [0.2, 0.25) is 0 Å². The summed E-state index contributed by atoms with van der Waals surface area (Å²) >= 11 is 0. The smallest absolute Gasteiger partial charge is 0.0325 e. The molecule has 0 unspecified atom stereocenters. The molecule has 0 aromatic heterocycles. The summed E-state index contributed by atoms with van der Waals surface area (Å²) < 4.78 is 0. The maximum absolute atomic E-state index is 6.13. The predicted molar refractivity (Wildman–Crippen MR) is 77.3 cm³/mol. The Labute approximate surface area is 110 Å². The fraction of sp³-hybridized carbons (Fsp3) is 0.235. The van der Waals surface area contributed by atoms with Gasteiger partial charge in [0.15, 0.2) is 0 Å². The molecule has 0 saturated carbocycles. The van der Waals surface area contributed by atoms with Crippen molar-refractivity contribution in [3.05, 3.63) is 78.7 Å². The first-order valence-electron chi connectivity index (χ1n) is 6.44. The van der Waals surface area contributed by atoms with Crippen LogP contribution in [0.15, 0.2) is 60.7 Å². The van der Waals surface area contributed by atoms with Crippen LogP contribution in [-0.4, -0.2) is 6.54 Å². The first kappa shape index (κ1) is 12.8. The fourth-order valence-corrected chi connectivity index (χ4v) is 2.61. The lowest BCUT2D eigenvalue weighted by atomic mass is 9.71. The Balaban J connectivity index is 2.53. The largest absolute Gasteiger partial charge is 0.329 e. The van der Waals surface area contributed by atoms with E-state index in [1.165, 1.54) is 11.1 Å². The van der Waals surface area contributed by atoms with Gasteiger partial charge in [0.1, 0.15) is 0 Å². The summed E-state index contributed by atoms with van der Waals surface area (Å²) in [6.07, 6.45) is 1.85. The predicted octanol–water partition coefficient (Wildman–Crippen LogP) is 3.55. The highest BCUT2D eigenvalue weighted by Gasteiger charge is 2.31. The molecule has 0 bridgehead atoms. The maximum Gasteiger partial charge on any atom is 0.0325 e. The summed E-state index contributed by atoms with van der Waals surface area (Å²) in [6, 6.07) is 21.0. The lowest BCUT2D eigenvalue weighted by Gasteiger charge is -2.33. The Morgan fingerprint density at radius 1 is 0.833 bits per heavy atom.